The summed E-state index contributed by atoms with van der Waals surface area (Å²) in [6.07, 6.45) is 4.64. The molecule has 0 radical (unpaired) electrons. The molecule has 0 N–H and O–H groups in total. The average Bonchev–Trinajstić information content (AvgIpc) is 3.47. The summed E-state index contributed by atoms with van der Waals surface area (Å²) in [5, 5.41) is 5.81. The van der Waals surface area contributed by atoms with Crippen molar-refractivity contribution in [2.45, 2.75) is 13.3 Å². The molecule has 0 spiro atoms. The Kier molecular flexibility index (Phi) is 5.21. The minimum atomic E-state index is -0.0557. The number of furan rings is 1. The van der Waals surface area contributed by atoms with Crippen LogP contribution in [0, 0.1) is 0 Å². The van der Waals surface area contributed by atoms with E-state index in [1.165, 1.54) is 11.8 Å². The zero-order valence-electron chi connectivity index (χ0n) is 16.8. The zero-order valence-corrected chi connectivity index (χ0v) is 18.5. The first kappa shape index (κ1) is 19.8. The highest BCUT2D eigenvalue weighted by atomic mass is 32.2. The largest absolute Gasteiger partial charge is 0.454 e. The Labute approximate surface area is 189 Å². The van der Waals surface area contributed by atoms with Crippen LogP contribution in [-0.4, -0.2) is 31.5 Å². The third-order valence-corrected chi connectivity index (χ3v) is 6.41. The van der Waals surface area contributed by atoms with Gasteiger partial charge in [-0.3, -0.25) is 9.69 Å². The summed E-state index contributed by atoms with van der Waals surface area (Å²) in [6, 6.07) is 19.7. The van der Waals surface area contributed by atoms with Gasteiger partial charge >= 0.3 is 0 Å². The molecule has 1 saturated heterocycles. The predicted molar refractivity (Wildman–Crippen MR) is 129 cm³/mol. The van der Waals surface area contributed by atoms with E-state index in [0.717, 1.165) is 28.6 Å². The summed E-state index contributed by atoms with van der Waals surface area (Å²) >= 11 is 6.75. The lowest BCUT2D eigenvalue weighted by Gasteiger charge is -2.11. The molecule has 3 heterocycles. The van der Waals surface area contributed by atoms with Crippen molar-refractivity contribution < 1.29 is 9.21 Å². The second-order valence-corrected chi connectivity index (χ2v) is 8.87. The molecule has 0 aliphatic carbocycles. The molecule has 154 valence electrons. The molecule has 31 heavy (non-hydrogen) atoms. The molecule has 1 fully saturated rings. The quantitative estimate of drug-likeness (QED) is 0.283. The number of hydrogen-bond donors (Lipinski definition) is 0. The average molecular weight is 446 g/mol. The van der Waals surface area contributed by atoms with Gasteiger partial charge in [-0.2, -0.15) is 5.10 Å². The summed E-state index contributed by atoms with van der Waals surface area (Å²) in [5.74, 6) is 0.603. The highest BCUT2D eigenvalue weighted by Crippen LogP contribution is 2.36. The summed E-state index contributed by atoms with van der Waals surface area (Å²) < 4.78 is 8.49. The number of carbonyl (C=O) groups is 1. The van der Waals surface area contributed by atoms with Gasteiger partial charge in [-0.25, -0.2) is 4.68 Å². The number of thiocarbonyl (C=S) groups is 1. The SMILES string of the molecule is CCCN1C(=O)/C(=C/c2cn(-c3ccccc3)nc2-c2cc3ccccc3o2)SC1=S. The van der Waals surface area contributed by atoms with E-state index in [1.807, 2.05) is 79.9 Å². The molecule has 0 atom stereocenters. The molecule has 4 aromatic rings. The Morgan fingerprint density at radius 1 is 1.13 bits per heavy atom. The summed E-state index contributed by atoms with van der Waals surface area (Å²) in [6.45, 7) is 2.66. The third-order valence-electron chi connectivity index (χ3n) is 5.03. The van der Waals surface area contributed by atoms with Crippen molar-refractivity contribution in [1.82, 2.24) is 14.7 Å². The van der Waals surface area contributed by atoms with Gasteiger partial charge in [0.05, 0.1) is 10.6 Å². The van der Waals surface area contributed by atoms with Crippen LogP contribution in [0.1, 0.15) is 18.9 Å². The Balaban J connectivity index is 1.63. The van der Waals surface area contributed by atoms with Crippen LogP contribution in [0.2, 0.25) is 0 Å². The molecule has 1 aliphatic rings. The van der Waals surface area contributed by atoms with E-state index >= 15 is 0 Å². The van der Waals surface area contributed by atoms with Crippen LogP contribution >= 0.6 is 24.0 Å². The minimum absolute atomic E-state index is 0.0557. The van der Waals surface area contributed by atoms with Crippen LogP contribution in [0.5, 0.6) is 0 Å². The van der Waals surface area contributed by atoms with Crippen molar-refractivity contribution in [1.29, 1.82) is 0 Å². The van der Waals surface area contributed by atoms with Gasteiger partial charge in [0.1, 0.15) is 15.6 Å². The zero-order chi connectivity index (χ0) is 21.4. The highest BCUT2D eigenvalue weighted by molar-refractivity contribution is 8.26. The van der Waals surface area contributed by atoms with Gasteiger partial charge in [0, 0.05) is 23.7 Å². The van der Waals surface area contributed by atoms with Crippen LogP contribution in [0.25, 0.3) is 34.2 Å². The fourth-order valence-corrected chi connectivity index (χ4v) is 4.85. The normalized spacial score (nSPS) is 15.5. The van der Waals surface area contributed by atoms with Crippen molar-refractivity contribution in [3.05, 3.63) is 77.3 Å². The Morgan fingerprint density at radius 3 is 2.68 bits per heavy atom. The van der Waals surface area contributed by atoms with E-state index in [-0.39, 0.29) is 5.91 Å². The second kappa shape index (κ2) is 8.17. The van der Waals surface area contributed by atoms with Gasteiger partial charge in [0.15, 0.2) is 5.76 Å². The van der Waals surface area contributed by atoms with E-state index in [1.54, 1.807) is 9.58 Å². The molecule has 7 heteroatoms. The molecule has 1 amide bonds. The molecule has 2 aromatic carbocycles. The number of para-hydroxylation sites is 2. The topological polar surface area (TPSA) is 51.3 Å². The Hall–Kier alpha value is -3.16. The van der Waals surface area contributed by atoms with Gasteiger partial charge < -0.3 is 4.42 Å². The van der Waals surface area contributed by atoms with Crippen molar-refractivity contribution in [2.75, 3.05) is 6.54 Å². The predicted octanol–water partition coefficient (Wildman–Crippen LogP) is 5.90. The van der Waals surface area contributed by atoms with E-state index in [4.69, 9.17) is 21.7 Å². The molecule has 0 unspecified atom stereocenters. The molecule has 5 rings (SSSR count). The van der Waals surface area contributed by atoms with Gasteiger partial charge in [-0.15, -0.1) is 0 Å². The number of amides is 1. The Morgan fingerprint density at radius 2 is 1.90 bits per heavy atom. The second-order valence-electron chi connectivity index (χ2n) is 7.19. The van der Waals surface area contributed by atoms with E-state index in [2.05, 4.69) is 0 Å². The van der Waals surface area contributed by atoms with E-state index < -0.39 is 0 Å². The first-order chi connectivity index (χ1) is 15.1. The molecule has 2 aromatic heterocycles. The van der Waals surface area contributed by atoms with Gasteiger partial charge in [-0.05, 0) is 36.8 Å². The lowest BCUT2D eigenvalue weighted by Crippen LogP contribution is -2.28. The van der Waals surface area contributed by atoms with Crippen LogP contribution in [0.4, 0.5) is 0 Å². The van der Waals surface area contributed by atoms with Gasteiger partial charge in [0.2, 0.25) is 0 Å². The summed E-state index contributed by atoms with van der Waals surface area (Å²) in [4.78, 5) is 15.1. The molecule has 1 aliphatic heterocycles. The molecular formula is C24H19N3O2S2. The molecule has 5 nitrogen and oxygen atoms in total. The lowest BCUT2D eigenvalue weighted by molar-refractivity contribution is -0.122. The van der Waals surface area contributed by atoms with Crippen LogP contribution in [-0.2, 0) is 4.79 Å². The lowest BCUT2D eigenvalue weighted by atomic mass is 10.1. The Bertz CT molecular complexity index is 1290. The fraction of sp³-hybridized carbons (Fsp3) is 0.125. The van der Waals surface area contributed by atoms with Crippen LogP contribution < -0.4 is 0 Å². The maximum Gasteiger partial charge on any atom is 0.266 e. The number of nitrogens with zero attached hydrogens (tertiary/aromatic N) is 3. The number of carbonyl (C=O) groups excluding carboxylic acids is 1. The van der Waals surface area contributed by atoms with Crippen LogP contribution in [0.3, 0.4) is 0 Å². The monoisotopic (exact) mass is 445 g/mol. The molecule has 0 bridgehead atoms. The number of benzene rings is 2. The summed E-state index contributed by atoms with van der Waals surface area (Å²) in [7, 11) is 0. The van der Waals surface area contributed by atoms with Crippen molar-refractivity contribution >= 4 is 51.3 Å². The van der Waals surface area contributed by atoms with Crippen molar-refractivity contribution in [3.8, 4) is 17.1 Å². The maximum atomic E-state index is 12.9. The number of fused-ring (bicyclic) bond motifs is 1. The van der Waals surface area contributed by atoms with Crippen molar-refractivity contribution in [3.63, 3.8) is 0 Å². The fourth-order valence-electron chi connectivity index (χ4n) is 3.55. The van der Waals surface area contributed by atoms with E-state index in [0.29, 0.717) is 27.2 Å². The van der Waals surface area contributed by atoms with Gasteiger partial charge in [-0.1, -0.05) is 67.3 Å². The smallest absolute Gasteiger partial charge is 0.266 e. The number of thioether (sulfide) groups is 1. The van der Waals surface area contributed by atoms with Gasteiger partial charge in [0.25, 0.3) is 5.91 Å². The standard InChI is InChI=1S/C24H19N3O2S2/c1-2-12-26-23(28)21(31-24(26)30)14-17-15-27(18-9-4-3-5-10-18)25-22(17)20-13-16-8-6-7-11-19(16)29-20/h3-11,13-15H,2,12H2,1H3/b21-14-. The van der Waals surface area contributed by atoms with E-state index in [9.17, 15) is 4.79 Å². The minimum Gasteiger partial charge on any atom is -0.454 e. The molecular weight excluding hydrogens is 426 g/mol. The van der Waals surface area contributed by atoms with Crippen LogP contribution in [0.15, 0.2) is 76.2 Å². The number of aromatic nitrogens is 2. The molecule has 0 saturated carbocycles. The third kappa shape index (κ3) is 3.71. The maximum absolute atomic E-state index is 12.9. The summed E-state index contributed by atoms with van der Waals surface area (Å²) in [5.41, 5.74) is 3.21. The van der Waals surface area contributed by atoms with Crippen molar-refractivity contribution in [2.24, 2.45) is 0 Å². The first-order valence-corrected chi connectivity index (χ1v) is 11.3. The first-order valence-electron chi connectivity index (χ1n) is 10.0. The number of rotatable bonds is 5. The number of hydrogen-bond acceptors (Lipinski definition) is 5. The highest BCUT2D eigenvalue weighted by Gasteiger charge is 2.31.